The lowest BCUT2D eigenvalue weighted by Crippen LogP contribution is -1.98. The van der Waals surface area contributed by atoms with Crippen molar-refractivity contribution >= 4 is 34.2 Å². The highest BCUT2D eigenvalue weighted by atomic mass is 35.5. The Labute approximate surface area is 105 Å². The van der Waals surface area contributed by atoms with Gasteiger partial charge in [-0.2, -0.15) is 5.10 Å². The number of nitro groups is 1. The van der Waals surface area contributed by atoms with Crippen LogP contribution < -0.4 is 5.43 Å². The first-order valence-electron chi connectivity index (χ1n) is 4.49. The van der Waals surface area contributed by atoms with Gasteiger partial charge in [-0.15, -0.1) is 10.2 Å². The minimum atomic E-state index is -0.435. The van der Waals surface area contributed by atoms with Gasteiger partial charge >= 0.3 is 5.03 Å². The van der Waals surface area contributed by atoms with E-state index in [0.29, 0.717) is 17.3 Å². The van der Waals surface area contributed by atoms with Crippen LogP contribution in [-0.4, -0.2) is 20.2 Å². The number of anilines is 1. The molecule has 0 atom stereocenters. The number of nitrogens with zero attached hydrogens (tertiary/aromatic N) is 4. The Hall–Kier alpha value is -1.67. The Morgan fingerprint density at radius 2 is 2.35 bits per heavy atom. The average molecular weight is 272 g/mol. The van der Waals surface area contributed by atoms with Gasteiger partial charge in [0.1, 0.15) is 5.04 Å². The second-order valence-electron chi connectivity index (χ2n) is 2.96. The van der Waals surface area contributed by atoms with Gasteiger partial charge in [-0.1, -0.05) is 11.6 Å². The van der Waals surface area contributed by atoms with Crippen LogP contribution >= 0.6 is 23.4 Å². The molecule has 1 N–H and O–H groups in total. The largest absolute Gasteiger partial charge is 0.305 e. The summed E-state index contributed by atoms with van der Waals surface area (Å²) in [7, 11) is 0. The molecule has 1 aromatic rings. The minimum Gasteiger partial charge on any atom is -0.259 e. The van der Waals surface area contributed by atoms with E-state index < -0.39 is 4.92 Å². The summed E-state index contributed by atoms with van der Waals surface area (Å²) in [5, 5.41) is 22.8. The van der Waals surface area contributed by atoms with E-state index in [0.717, 1.165) is 11.8 Å². The molecular formula is C8H6ClN5O2S. The predicted molar refractivity (Wildman–Crippen MR) is 65.4 cm³/mol. The van der Waals surface area contributed by atoms with Gasteiger partial charge in [0, 0.05) is 24.3 Å². The van der Waals surface area contributed by atoms with Crippen LogP contribution in [-0.2, 0) is 0 Å². The highest BCUT2D eigenvalue weighted by Gasteiger charge is 2.22. The fourth-order valence-corrected chi connectivity index (χ4v) is 1.90. The van der Waals surface area contributed by atoms with E-state index in [1.807, 2.05) is 0 Å². The topological polar surface area (TPSA) is 93.3 Å². The van der Waals surface area contributed by atoms with Crippen LogP contribution in [0.25, 0.3) is 0 Å². The van der Waals surface area contributed by atoms with Crippen molar-refractivity contribution in [3.8, 4) is 0 Å². The number of hydrazone groups is 1. The van der Waals surface area contributed by atoms with Gasteiger partial charge in [-0.05, 0) is 12.1 Å². The molecule has 7 nitrogen and oxygen atoms in total. The predicted octanol–water partition coefficient (Wildman–Crippen LogP) is 2.11. The first kappa shape index (κ1) is 11.8. The molecule has 2 rings (SSSR count). The summed E-state index contributed by atoms with van der Waals surface area (Å²) in [5.74, 6) is 0.428. The van der Waals surface area contributed by atoms with E-state index in [2.05, 4.69) is 20.7 Å². The molecule has 0 amide bonds. The maximum atomic E-state index is 10.5. The average Bonchev–Trinajstić information content (AvgIpc) is 2.77. The SMILES string of the molecule is O=[N+]([O-])C1=CC/C(=N\Nc2ccc(Cl)nn2)S1. The molecule has 0 unspecified atom stereocenters. The summed E-state index contributed by atoms with van der Waals surface area (Å²) >= 11 is 6.58. The number of aromatic nitrogens is 2. The van der Waals surface area contributed by atoms with Gasteiger partial charge in [0.2, 0.25) is 0 Å². The molecule has 0 aliphatic carbocycles. The molecule has 17 heavy (non-hydrogen) atoms. The fourth-order valence-electron chi connectivity index (χ4n) is 1.05. The van der Waals surface area contributed by atoms with Gasteiger partial charge in [-0.3, -0.25) is 15.5 Å². The summed E-state index contributed by atoms with van der Waals surface area (Å²) in [6.07, 6.45) is 1.95. The van der Waals surface area contributed by atoms with Crippen LogP contribution in [0.2, 0.25) is 5.15 Å². The zero-order chi connectivity index (χ0) is 12.3. The molecule has 1 aliphatic rings. The molecule has 88 valence electrons. The number of rotatable bonds is 3. The lowest BCUT2D eigenvalue weighted by atomic mass is 10.4. The van der Waals surface area contributed by atoms with Crippen molar-refractivity contribution in [1.29, 1.82) is 0 Å². The molecule has 0 radical (unpaired) electrons. The monoisotopic (exact) mass is 271 g/mol. The second-order valence-corrected chi connectivity index (χ2v) is 4.45. The first-order chi connectivity index (χ1) is 8.15. The van der Waals surface area contributed by atoms with Gasteiger partial charge in [-0.25, -0.2) is 0 Å². The minimum absolute atomic E-state index is 0.0905. The van der Waals surface area contributed by atoms with Crippen LogP contribution in [0.15, 0.2) is 28.3 Å². The lowest BCUT2D eigenvalue weighted by Gasteiger charge is -1.98. The molecule has 2 heterocycles. The van der Waals surface area contributed by atoms with E-state index in [1.165, 1.54) is 6.08 Å². The number of nitrogens with one attached hydrogen (secondary N) is 1. The van der Waals surface area contributed by atoms with Crippen molar-refractivity contribution in [2.24, 2.45) is 5.10 Å². The third-order valence-corrected chi connectivity index (χ3v) is 3.00. The zero-order valence-corrected chi connectivity index (χ0v) is 9.90. The van der Waals surface area contributed by atoms with E-state index >= 15 is 0 Å². The molecule has 0 fully saturated rings. The van der Waals surface area contributed by atoms with Gasteiger partial charge < -0.3 is 0 Å². The highest BCUT2D eigenvalue weighted by Crippen LogP contribution is 2.27. The smallest absolute Gasteiger partial charge is 0.259 e. The van der Waals surface area contributed by atoms with Gasteiger partial charge in [0.15, 0.2) is 11.0 Å². The van der Waals surface area contributed by atoms with Crippen molar-refractivity contribution in [2.75, 3.05) is 5.43 Å². The summed E-state index contributed by atoms with van der Waals surface area (Å²) < 4.78 is 0. The Morgan fingerprint density at radius 1 is 1.53 bits per heavy atom. The lowest BCUT2D eigenvalue weighted by molar-refractivity contribution is -0.410. The van der Waals surface area contributed by atoms with Crippen LogP contribution in [0.1, 0.15) is 6.42 Å². The molecule has 9 heteroatoms. The maximum Gasteiger partial charge on any atom is 0.305 e. The van der Waals surface area contributed by atoms with E-state index in [9.17, 15) is 10.1 Å². The summed E-state index contributed by atoms with van der Waals surface area (Å²) in [6, 6.07) is 3.18. The Morgan fingerprint density at radius 3 is 2.94 bits per heavy atom. The maximum absolute atomic E-state index is 10.5. The third-order valence-electron chi connectivity index (χ3n) is 1.78. The third kappa shape index (κ3) is 3.14. The zero-order valence-electron chi connectivity index (χ0n) is 8.33. The molecule has 0 spiro atoms. The number of halogens is 1. The van der Waals surface area contributed by atoms with Crippen molar-refractivity contribution in [3.05, 3.63) is 38.5 Å². The quantitative estimate of drug-likeness (QED) is 0.668. The fraction of sp³-hybridized carbons (Fsp3) is 0.125. The number of thioether (sulfide) groups is 1. The molecule has 0 saturated heterocycles. The normalized spacial score (nSPS) is 17.0. The number of allylic oxidation sites excluding steroid dienone is 1. The highest BCUT2D eigenvalue weighted by molar-refractivity contribution is 8.17. The molecule has 0 saturated carbocycles. The van der Waals surface area contributed by atoms with E-state index in [4.69, 9.17) is 11.6 Å². The Bertz CT molecular complexity index is 501. The molecule has 0 bridgehead atoms. The van der Waals surface area contributed by atoms with Crippen molar-refractivity contribution in [3.63, 3.8) is 0 Å². The van der Waals surface area contributed by atoms with Crippen LogP contribution in [0, 0.1) is 10.1 Å². The molecule has 1 aliphatic heterocycles. The molecule has 1 aromatic heterocycles. The van der Waals surface area contributed by atoms with Crippen LogP contribution in [0.5, 0.6) is 0 Å². The Kier molecular flexibility index (Phi) is 3.55. The van der Waals surface area contributed by atoms with Crippen molar-refractivity contribution < 1.29 is 4.92 Å². The standard InChI is InChI=1S/C8H6ClN5O2S/c9-5-1-2-6(11-10-5)12-13-7-3-4-8(17-7)14(15)16/h1-2,4H,3H2,(H,11,12)/b13-7+. The van der Waals surface area contributed by atoms with Crippen molar-refractivity contribution in [2.45, 2.75) is 6.42 Å². The Balaban J connectivity index is 1.95. The second kappa shape index (κ2) is 5.11. The van der Waals surface area contributed by atoms with E-state index in [1.54, 1.807) is 12.1 Å². The number of hydrogen-bond donors (Lipinski definition) is 1. The van der Waals surface area contributed by atoms with E-state index in [-0.39, 0.29) is 10.2 Å². The first-order valence-corrected chi connectivity index (χ1v) is 5.69. The van der Waals surface area contributed by atoms with Crippen LogP contribution in [0.4, 0.5) is 5.82 Å². The summed E-state index contributed by atoms with van der Waals surface area (Å²) in [4.78, 5) is 10.0. The summed E-state index contributed by atoms with van der Waals surface area (Å²) in [6.45, 7) is 0. The van der Waals surface area contributed by atoms with Crippen molar-refractivity contribution in [1.82, 2.24) is 10.2 Å². The number of hydrogen-bond acceptors (Lipinski definition) is 7. The van der Waals surface area contributed by atoms with Gasteiger partial charge in [0.25, 0.3) is 0 Å². The molecule has 0 aromatic carbocycles. The summed E-state index contributed by atoms with van der Waals surface area (Å²) in [5.41, 5.74) is 2.65. The van der Waals surface area contributed by atoms with Gasteiger partial charge in [0.05, 0.1) is 4.92 Å². The molecular weight excluding hydrogens is 266 g/mol. The van der Waals surface area contributed by atoms with Crippen LogP contribution in [0.3, 0.4) is 0 Å².